The molecule has 0 saturated heterocycles. The molecule has 0 aromatic rings. The normalized spacial score (nSPS) is 18.1. The highest BCUT2D eigenvalue weighted by atomic mass is 14.5. The molecule has 0 nitrogen and oxygen atoms in total. The van der Waals surface area contributed by atoms with E-state index in [4.69, 9.17) is 0 Å². The zero-order valence-electron chi connectivity index (χ0n) is 10.3. The summed E-state index contributed by atoms with van der Waals surface area (Å²) in [6.07, 6.45) is 11.6. The van der Waals surface area contributed by atoms with Gasteiger partial charge < -0.3 is 0 Å². The maximum Gasteiger partial charge on any atom is 0.00141 e. The van der Waals surface area contributed by atoms with E-state index in [0.29, 0.717) is 16.7 Å². The van der Waals surface area contributed by atoms with Crippen LogP contribution in [-0.4, -0.2) is 0 Å². The Morgan fingerprint density at radius 3 is 1.64 bits per heavy atom. The van der Waals surface area contributed by atoms with E-state index in [0.717, 1.165) is 0 Å². The van der Waals surface area contributed by atoms with Gasteiger partial charge in [-0.3, -0.25) is 0 Å². The second kappa shape index (κ2) is 3.92. The van der Waals surface area contributed by atoms with Gasteiger partial charge in [-0.2, -0.15) is 0 Å². The van der Waals surface area contributed by atoms with Crippen LogP contribution in [0, 0.1) is 16.7 Å². The van der Waals surface area contributed by atoms with Crippen LogP contribution in [0.4, 0.5) is 0 Å². The maximum atomic E-state index is 2.38. The Labute approximate surface area is 89.1 Å². The van der Waals surface area contributed by atoms with Crippen molar-refractivity contribution in [2.75, 3.05) is 0 Å². The lowest BCUT2D eigenvalue weighted by atomic mass is 9.57. The molecule has 1 aliphatic rings. The second-order valence-corrected chi connectivity index (χ2v) is 5.41. The van der Waals surface area contributed by atoms with E-state index >= 15 is 0 Å². The summed E-state index contributed by atoms with van der Waals surface area (Å²) in [5.41, 5.74) is 0.802. The van der Waals surface area contributed by atoms with Gasteiger partial charge in [0.1, 0.15) is 0 Å². The minimum atomic E-state index is 0.375. The molecule has 0 spiro atoms. The molecule has 0 aliphatic heterocycles. The van der Waals surface area contributed by atoms with Crippen LogP contribution in [0.5, 0.6) is 0 Å². The molecule has 0 fully saturated rings. The molecule has 1 aliphatic carbocycles. The molecule has 0 heterocycles. The number of hydrogen-bond donors (Lipinski definition) is 0. The van der Waals surface area contributed by atoms with Crippen LogP contribution in [-0.2, 0) is 0 Å². The fourth-order valence-corrected chi connectivity index (χ4v) is 3.08. The van der Waals surface area contributed by atoms with Gasteiger partial charge in [0.15, 0.2) is 0 Å². The van der Waals surface area contributed by atoms with Crippen molar-refractivity contribution in [3.05, 3.63) is 24.3 Å². The Kier molecular flexibility index (Phi) is 3.24. The number of allylic oxidation sites excluding steroid dienone is 4. The highest BCUT2D eigenvalue weighted by Gasteiger charge is 2.43. The van der Waals surface area contributed by atoms with E-state index in [-0.39, 0.29) is 0 Å². The third-order valence-corrected chi connectivity index (χ3v) is 4.14. The fraction of sp³-hybridized carbons (Fsp3) is 0.714. The highest BCUT2D eigenvalue weighted by molar-refractivity contribution is 5.22. The first-order valence-corrected chi connectivity index (χ1v) is 5.83. The molecule has 0 unspecified atom stereocenters. The number of hydrogen-bond acceptors (Lipinski definition) is 0. The van der Waals surface area contributed by atoms with Gasteiger partial charge in [-0.05, 0) is 23.7 Å². The monoisotopic (exact) mass is 192 g/mol. The summed E-state index contributed by atoms with van der Waals surface area (Å²) < 4.78 is 0. The number of rotatable bonds is 3. The standard InChI is InChI=1S/C14H24/c1-6-14(7-2,13(3,4)5)12-10-8-9-11-12/h8-12H,6-7H2,1-5H3. The molecule has 0 heteroatoms. The maximum absolute atomic E-state index is 2.38. The molecule has 0 bridgehead atoms. The lowest BCUT2D eigenvalue weighted by molar-refractivity contribution is 0.0459. The summed E-state index contributed by atoms with van der Waals surface area (Å²) in [5, 5.41) is 0. The third-order valence-electron chi connectivity index (χ3n) is 4.14. The van der Waals surface area contributed by atoms with Crippen molar-refractivity contribution < 1.29 is 0 Å². The van der Waals surface area contributed by atoms with E-state index in [1.54, 1.807) is 0 Å². The molecule has 0 aromatic heterocycles. The van der Waals surface area contributed by atoms with E-state index in [2.05, 4.69) is 58.9 Å². The van der Waals surface area contributed by atoms with Crippen LogP contribution in [0.3, 0.4) is 0 Å². The minimum absolute atomic E-state index is 0.375. The van der Waals surface area contributed by atoms with Crippen LogP contribution in [0.2, 0.25) is 0 Å². The topological polar surface area (TPSA) is 0 Å². The van der Waals surface area contributed by atoms with Crippen molar-refractivity contribution in [2.45, 2.75) is 47.5 Å². The average molecular weight is 192 g/mol. The van der Waals surface area contributed by atoms with Gasteiger partial charge in [-0.15, -0.1) is 0 Å². The van der Waals surface area contributed by atoms with Crippen LogP contribution in [0.1, 0.15) is 47.5 Å². The minimum Gasteiger partial charge on any atom is -0.0770 e. The summed E-state index contributed by atoms with van der Waals surface area (Å²) in [7, 11) is 0. The lowest BCUT2D eigenvalue weighted by Gasteiger charge is -2.47. The average Bonchev–Trinajstić information content (AvgIpc) is 2.58. The largest absolute Gasteiger partial charge is 0.0770 e. The Hall–Kier alpha value is -0.520. The molecule has 0 saturated carbocycles. The first-order valence-electron chi connectivity index (χ1n) is 5.83. The van der Waals surface area contributed by atoms with E-state index < -0.39 is 0 Å². The van der Waals surface area contributed by atoms with Crippen molar-refractivity contribution in [2.24, 2.45) is 16.7 Å². The zero-order chi connectivity index (χ0) is 10.8. The predicted molar refractivity (Wildman–Crippen MR) is 64.2 cm³/mol. The zero-order valence-corrected chi connectivity index (χ0v) is 10.3. The molecule has 0 N–H and O–H groups in total. The molecule has 0 amide bonds. The Balaban J connectivity index is 3.03. The van der Waals surface area contributed by atoms with E-state index in [1.807, 2.05) is 0 Å². The molecule has 0 atom stereocenters. The molecule has 1 rings (SSSR count). The van der Waals surface area contributed by atoms with Crippen molar-refractivity contribution >= 4 is 0 Å². The first-order chi connectivity index (χ1) is 6.48. The van der Waals surface area contributed by atoms with Gasteiger partial charge in [-0.25, -0.2) is 0 Å². The van der Waals surface area contributed by atoms with Gasteiger partial charge in [0.2, 0.25) is 0 Å². The highest BCUT2D eigenvalue weighted by Crippen LogP contribution is 2.51. The van der Waals surface area contributed by atoms with Gasteiger partial charge >= 0.3 is 0 Å². The molecule has 14 heavy (non-hydrogen) atoms. The SMILES string of the molecule is CCC(CC)(C1C=CC=C1)C(C)(C)C. The van der Waals surface area contributed by atoms with Gasteiger partial charge in [0.05, 0.1) is 0 Å². The summed E-state index contributed by atoms with van der Waals surface area (Å²) in [5.74, 6) is 0.637. The Morgan fingerprint density at radius 1 is 0.929 bits per heavy atom. The van der Waals surface area contributed by atoms with E-state index in [1.165, 1.54) is 12.8 Å². The Bertz CT molecular complexity index is 221. The van der Waals surface area contributed by atoms with Crippen LogP contribution < -0.4 is 0 Å². The molecular weight excluding hydrogens is 168 g/mol. The summed E-state index contributed by atoms with van der Waals surface area (Å²) in [6, 6.07) is 0. The Morgan fingerprint density at radius 2 is 1.36 bits per heavy atom. The van der Waals surface area contributed by atoms with Gasteiger partial charge in [0, 0.05) is 5.92 Å². The van der Waals surface area contributed by atoms with E-state index in [9.17, 15) is 0 Å². The van der Waals surface area contributed by atoms with Crippen LogP contribution >= 0.6 is 0 Å². The third kappa shape index (κ3) is 1.67. The predicted octanol–water partition coefficient (Wildman–Crippen LogP) is 4.58. The smallest absolute Gasteiger partial charge is 0.00141 e. The lowest BCUT2D eigenvalue weighted by Crippen LogP contribution is -2.39. The molecule has 0 radical (unpaired) electrons. The molecule has 80 valence electrons. The van der Waals surface area contributed by atoms with Crippen LogP contribution in [0.25, 0.3) is 0 Å². The van der Waals surface area contributed by atoms with Gasteiger partial charge in [0.25, 0.3) is 0 Å². The van der Waals surface area contributed by atoms with Crippen molar-refractivity contribution in [1.29, 1.82) is 0 Å². The van der Waals surface area contributed by atoms with Gasteiger partial charge in [-0.1, -0.05) is 58.9 Å². The summed E-state index contributed by atoms with van der Waals surface area (Å²) in [6.45, 7) is 11.8. The quantitative estimate of drug-likeness (QED) is 0.614. The second-order valence-electron chi connectivity index (χ2n) is 5.41. The molecule has 0 aromatic carbocycles. The van der Waals surface area contributed by atoms with Crippen LogP contribution in [0.15, 0.2) is 24.3 Å². The summed E-state index contributed by atoms with van der Waals surface area (Å²) >= 11 is 0. The van der Waals surface area contributed by atoms with Crippen molar-refractivity contribution in [3.8, 4) is 0 Å². The molecular formula is C14H24. The fourth-order valence-electron chi connectivity index (χ4n) is 3.08. The summed E-state index contributed by atoms with van der Waals surface area (Å²) in [4.78, 5) is 0. The van der Waals surface area contributed by atoms with Crippen molar-refractivity contribution in [3.63, 3.8) is 0 Å². The first kappa shape index (κ1) is 11.6. The van der Waals surface area contributed by atoms with Crippen molar-refractivity contribution in [1.82, 2.24) is 0 Å².